The van der Waals surface area contributed by atoms with Gasteiger partial charge in [0.1, 0.15) is 23.2 Å². The van der Waals surface area contributed by atoms with Crippen LogP contribution in [0.15, 0.2) is 36.5 Å². The van der Waals surface area contributed by atoms with Gasteiger partial charge in [0.05, 0.1) is 11.9 Å². The molecule has 0 atom stereocenters. The summed E-state index contributed by atoms with van der Waals surface area (Å²) in [5.41, 5.74) is 0.426. The van der Waals surface area contributed by atoms with Gasteiger partial charge in [-0.15, -0.1) is 0 Å². The molecule has 1 saturated heterocycles. The first-order valence-electron chi connectivity index (χ1n) is 6.73. The number of rotatable bonds is 2. The molecule has 2 heterocycles. The topological polar surface area (TPSA) is 39.6 Å². The van der Waals surface area contributed by atoms with E-state index in [0.717, 1.165) is 11.9 Å². The van der Waals surface area contributed by atoms with Crippen LogP contribution in [0.5, 0.6) is 5.75 Å². The summed E-state index contributed by atoms with van der Waals surface area (Å²) in [6, 6.07) is 6.99. The normalized spacial score (nSPS) is 15.3. The highest BCUT2D eigenvalue weighted by molar-refractivity contribution is 5.50. The lowest BCUT2D eigenvalue weighted by Crippen LogP contribution is -2.47. The molecule has 1 fully saturated rings. The number of hydrogen-bond acceptors (Lipinski definition) is 4. The number of halogens is 2. The van der Waals surface area contributed by atoms with E-state index in [-0.39, 0.29) is 5.75 Å². The number of pyridine rings is 1. The van der Waals surface area contributed by atoms with E-state index in [0.29, 0.717) is 31.9 Å². The third kappa shape index (κ3) is 2.89. The van der Waals surface area contributed by atoms with Crippen molar-refractivity contribution in [3.63, 3.8) is 0 Å². The largest absolute Gasteiger partial charge is 0.506 e. The fourth-order valence-electron chi connectivity index (χ4n) is 2.48. The molecule has 0 bridgehead atoms. The van der Waals surface area contributed by atoms with Crippen LogP contribution < -0.4 is 9.80 Å². The Kier molecular flexibility index (Phi) is 3.60. The molecule has 4 nitrogen and oxygen atoms in total. The van der Waals surface area contributed by atoms with Gasteiger partial charge in [-0.2, -0.15) is 0 Å². The fraction of sp³-hybridized carbons (Fsp3) is 0.267. The number of nitrogens with zero attached hydrogens (tertiary/aromatic N) is 3. The van der Waals surface area contributed by atoms with Crippen LogP contribution in [0.3, 0.4) is 0 Å². The highest BCUT2D eigenvalue weighted by Gasteiger charge is 2.20. The van der Waals surface area contributed by atoms with E-state index in [1.54, 1.807) is 12.1 Å². The minimum absolute atomic E-state index is 0.130. The number of anilines is 2. The first-order chi connectivity index (χ1) is 10.1. The molecule has 1 aromatic carbocycles. The zero-order chi connectivity index (χ0) is 14.8. The average molecular weight is 291 g/mol. The lowest BCUT2D eigenvalue weighted by molar-refractivity contribution is 0.472. The molecule has 2 aromatic rings. The molecule has 0 amide bonds. The Morgan fingerprint density at radius 3 is 2.29 bits per heavy atom. The number of benzene rings is 1. The van der Waals surface area contributed by atoms with Crippen LogP contribution in [0, 0.1) is 11.6 Å². The summed E-state index contributed by atoms with van der Waals surface area (Å²) in [6.45, 7) is 2.64. The maximum atomic E-state index is 13.8. The average Bonchev–Trinajstić information content (AvgIpc) is 2.48. The molecule has 1 aliphatic rings. The highest BCUT2D eigenvalue weighted by atomic mass is 19.1. The number of piperazine rings is 1. The number of aromatic hydroxyl groups is 1. The third-order valence-corrected chi connectivity index (χ3v) is 3.59. The van der Waals surface area contributed by atoms with Crippen LogP contribution >= 0.6 is 0 Å². The molecule has 0 unspecified atom stereocenters. The Hall–Kier alpha value is -2.37. The van der Waals surface area contributed by atoms with Gasteiger partial charge >= 0.3 is 0 Å². The lowest BCUT2D eigenvalue weighted by atomic mass is 10.2. The van der Waals surface area contributed by atoms with Crippen molar-refractivity contribution in [1.29, 1.82) is 0 Å². The lowest BCUT2D eigenvalue weighted by Gasteiger charge is -2.36. The quantitative estimate of drug-likeness (QED) is 0.922. The molecular formula is C15H15F2N3O. The van der Waals surface area contributed by atoms with Crippen LogP contribution in [0.25, 0.3) is 0 Å². The Bertz CT molecular complexity index is 625. The van der Waals surface area contributed by atoms with E-state index >= 15 is 0 Å². The third-order valence-electron chi connectivity index (χ3n) is 3.59. The molecule has 0 aliphatic carbocycles. The summed E-state index contributed by atoms with van der Waals surface area (Å²) in [5.74, 6) is -0.188. The molecule has 0 spiro atoms. The summed E-state index contributed by atoms with van der Waals surface area (Å²) in [6.07, 6.45) is 1.40. The summed E-state index contributed by atoms with van der Waals surface area (Å²) >= 11 is 0. The zero-order valence-electron chi connectivity index (χ0n) is 11.3. The van der Waals surface area contributed by atoms with Crippen LogP contribution in [0.4, 0.5) is 20.3 Å². The van der Waals surface area contributed by atoms with Crippen LogP contribution in [-0.4, -0.2) is 36.3 Å². The van der Waals surface area contributed by atoms with E-state index in [4.69, 9.17) is 0 Å². The maximum absolute atomic E-state index is 13.8. The minimum atomic E-state index is -0.567. The predicted octanol–water partition coefficient (Wildman–Crippen LogP) is 2.39. The van der Waals surface area contributed by atoms with Crippen molar-refractivity contribution in [1.82, 2.24) is 4.98 Å². The van der Waals surface area contributed by atoms with E-state index < -0.39 is 11.6 Å². The molecule has 1 aromatic heterocycles. The second kappa shape index (κ2) is 5.55. The van der Waals surface area contributed by atoms with Crippen LogP contribution in [0.2, 0.25) is 0 Å². The van der Waals surface area contributed by atoms with E-state index in [1.165, 1.54) is 18.3 Å². The Balaban J connectivity index is 1.68. The van der Waals surface area contributed by atoms with Crippen LogP contribution in [-0.2, 0) is 0 Å². The smallest absolute Gasteiger partial charge is 0.149 e. The molecule has 110 valence electrons. The Labute approximate surface area is 121 Å². The van der Waals surface area contributed by atoms with Crippen molar-refractivity contribution in [2.45, 2.75) is 0 Å². The number of aromatic nitrogens is 1. The van der Waals surface area contributed by atoms with Crippen molar-refractivity contribution >= 4 is 11.5 Å². The van der Waals surface area contributed by atoms with Gasteiger partial charge in [0.15, 0.2) is 0 Å². The highest BCUT2D eigenvalue weighted by Crippen LogP contribution is 2.23. The standard InChI is InChI=1S/C15H15F2N3O/c16-11-1-3-14(13(17)9-11)19-5-7-20(8-6-19)15-4-2-12(21)10-18-15/h1-4,9-10,21H,5-8H2. The molecule has 0 saturated carbocycles. The fourth-order valence-corrected chi connectivity index (χ4v) is 2.48. The van der Waals surface area contributed by atoms with Crippen molar-refractivity contribution in [2.24, 2.45) is 0 Å². The summed E-state index contributed by atoms with van der Waals surface area (Å²) in [5, 5.41) is 9.24. The van der Waals surface area contributed by atoms with Gasteiger partial charge in [0.25, 0.3) is 0 Å². The SMILES string of the molecule is Oc1ccc(N2CCN(c3ccc(F)cc3F)CC2)nc1. The first kappa shape index (κ1) is 13.6. The molecule has 3 rings (SSSR count). The molecule has 21 heavy (non-hydrogen) atoms. The molecule has 0 radical (unpaired) electrons. The van der Waals surface area contributed by atoms with Crippen molar-refractivity contribution in [3.8, 4) is 5.75 Å². The van der Waals surface area contributed by atoms with Gasteiger partial charge in [-0.05, 0) is 24.3 Å². The van der Waals surface area contributed by atoms with Gasteiger partial charge in [-0.25, -0.2) is 13.8 Å². The van der Waals surface area contributed by atoms with Gasteiger partial charge < -0.3 is 14.9 Å². The first-order valence-corrected chi connectivity index (χ1v) is 6.73. The summed E-state index contributed by atoms with van der Waals surface area (Å²) in [4.78, 5) is 8.12. The molecule has 1 aliphatic heterocycles. The Morgan fingerprint density at radius 2 is 1.67 bits per heavy atom. The molecule has 1 N–H and O–H groups in total. The Morgan fingerprint density at radius 1 is 0.952 bits per heavy atom. The van der Waals surface area contributed by atoms with E-state index in [1.807, 2.05) is 4.90 Å². The second-order valence-electron chi connectivity index (χ2n) is 4.94. The molecular weight excluding hydrogens is 276 g/mol. The van der Waals surface area contributed by atoms with Gasteiger partial charge in [0, 0.05) is 32.2 Å². The predicted molar refractivity (Wildman–Crippen MR) is 76.7 cm³/mol. The summed E-state index contributed by atoms with van der Waals surface area (Å²) in [7, 11) is 0. The van der Waals surface area contributed by atoms with Gasteiger partial charge in [-0.1, -0.05) is 0 Å². The van der Waals surface area contributed by atoms with Crippen LogP contribution in [0.1, 0.15) is 0 Å². The van der Waals surface area contributed by atoms with Crippen molar-refractivity contribution in [2.75, 3.05) is 36.0 Å². The van der Waals surface area contributed by atoms with Gasteiger partial charge in [-0.3, -0.25) is 0 Å². The summed E-state index contributed by atoms with van der Waals surface area (Å²) < 4.78 is 26.7. The van der Waals surface area contributed by atoms with Crippen molar-refractivity contribution < 1.29 is 13.9 Å². The maximum Gasteiger partial charge on any atom is 0.149 e. The monoisotopic (exact) mass is 291 g/mol. The zero-order valence-corrected chi connectivity index (χ0v) is 11.3. The number of hydrogen-bond donors (Lipinski definition) is 1. The second-order valence-corrected chi connectivity index (χ2v) is 4.94. The molecule has 6 heteroatoms. The van der Waals surface area contributed by atoms with E-state index in [9.17, 15) is 13.9 Å². The minimum Gasteiger partial charge on any atom is -0.506 e. The van der Waals surface area contributed by atoms with Gasteiger partial charge in [0.2, 0.25) is 0 Å². The van der Waals surface area contributed by atoms with E-state index in [2.05, 4.69) is 9.88 Å². The van der Waals surface area contributed by atoms with Crippen molar-refractivity contribution in [3.05, 3.63) is 48.2 Å².